The van der Waals surface area contributed by atoms with E-state index >= 15 is 0 Å². The Hall–Kier alpha value is -2.68. The Morgan fingerprint density at radius 2 is 1.90 bits per heavy atom. The molecule has 1 N–H and O–H groups in total. The van der Waals surface area contributed by atoms with Crippen LogP contribution in [0.4, 0.5) is 10.5 Å². The number of amides is 3. The van der Waals surface area contributed by atoms with Gasteiger partial charge in [0.25, 0.3) is 11.1 Å². The van der Waals surface area contributed by atoms with Gasteiger partial charge in [-0.3, -0.25) is 19.3 Å². The predicted molar refractivity (Wildman–Crippen MR) is 115 cm³/mol. The monoisotopic (exact) mass is 464 g/mol. The van der Waals surface area contributed by atoms with Gasteiger partial charge in [-0.05, 0) is 41.6 Å². The summed E-state index contributed by atoms with van der Waals surface area (Å²) in [5.41, 5.74) is 0.980. The molecule has 30 heavy (non-hydrogen) atoms. The van der Waals surface area contributed by atoms with Gasteiger partial charge in [0.05, 0.1) is 15.0 Å². The van der Waals surface area contributed by atoms with Gasteiger partial charge in [-0.25, -0.2) is 0 Å². The maximum absolute atomic E-state index is 12.6. The summed E-state index contributed by atoms with van der Waals surface area (Å²) in [7, 11) is 0. The number of benzene rings is 2. The first-order valence-corrected chi connectivity index (χ1v) is 10.4. The lowest BCUT2D eigenvalue weighted by Gasteiger charge is -2.19. The molecule has 2 aromatic carbocycles. The van der Waals surface area contributed by atoms with E-state index in [1.807, 2.05) is 0 Å². The third kappa shape index (κ3) is 4.26. The Labute approximate surface area is 185 Å². The number of nitrogens with zero attached hydrogens (tertiary/aromatic N) is 1. The van der Waals surface area contributed by atoms with E-state index in [1.54, 1.807) is 36.4 Å². The van der Waals surface area contributed by atoms with E-state index in [9.17, 15) is 14.4 Å². The van der Waals surface area contributed by atoms with Gasteiger partial charge in [0, 0.05) is 11.8 Å². The third-order valence-electron chi connectivity index (χ3n) is 4.27. The fourth-order valence-electron chi connectivity index (χ4n) is 2.87. The molecule has 0 atom stereocenters. The minimum atomic E-state index is -0.571. The average Bonchev–Trinajstić information content (AvgIpc) is 2.98. The summed E-state index contributed by atoms with van der Waals surface area (Å²) in [6.07, 6.45) is 1.48. The highest BCUT2D eigenvalue weighted by molar-refractivity contribution is 8.18. The molecular weight excluding hydrogens is 451 g/mol. The van der Waals surface area contributed by atoms with E-state index in [0.29, 0.717) is 41.0 Å². The van der Waals surface area contributed by atoms with Crippen molar-refractivity contribution in [3.8, 4) is 11.5 Å². The number of thioether (sulfide) groups is 1. The number of rotatable bonds is 4. The molecule has 2 aromatic rings. The van der Waals surface area contributed by atoms with Crippen LogP contribution in [0.15, 0.2) is 41.3 Å². The first kappa shape index (κ1) is 20.6. The molecule has 4 rings (SSSR count). The van der Waals surface area contributed by atoms with E-state index in [2.05, 4.69) is 5.32 Å². The number of halogens is 2. The number of hydrogen-bond donors (Lipinski definition) is 1. The highest BCUT2D eigenvalue weighted by Gasteiger charge is 2.36. The molecule has 1 fully saturated rings. The van der Waals surface area contributed by atoms with Crippen LogP contribution in [0.3, 0.4) is 0 Å². The van der Waals surface area contributed by atoms with Crippen molar-refractivity contribution < 1.29 is 23.9 Å². The Bertz CT molecular complexity index is 1090. The predicted octanol–water partition coefficient (Wildman–Crippen LogP) is 4.44. The number of ether oxygens (including phenoxy) is 2. The Balaban J connectivity index is 1.45. The molecule has 0 unspecified atom stereocenters. The van der Waals surface area contributed by atoms with Crippen molar-refractivity contribution in [3.63, 3.8) is 0 Å². The second kappa shape index (κ2) is 8.59. The molecule has 7 nitrogen and oxygen atoms in total. The molecular formula is C20H14Cl2N2O5S. The summed E-state index contributed by atoms with van der Waals surface area (Å²) in [4.78, 5) is 38.3. The molecule has 2 aliphatic rings. The maximum atomic E-state index is 12.6. The van der Waals surface area contributed by atoms with Crippen LogP contribution >= 0.6 is 35.0 Å². The Kier molecular flexibility index (Phi) is 5.90. The van der Waals surface area contributed by atoms with Crippen molar-refractivity contribution in [1.82, 2.24) is 4.90 Å². The van der Waals surface area contributed by atoms with Gasteiger partial charge in [-0.1, -0.05) is 35.3 Å². The van der Waals surface area contributed by atoms with Crippen LogP contribution < -0.4 is 14.8 Å². The molecule has 3 amide bonds. The van der Waals surface area contributed by atoms with Crippen LogP contribution in [0.25, 0.3) is 6.08 Å². The van der Waals surface area contributed by atoms with Crippen molar-refractivity contribution in [1.29, 1.82) is 0 Å². The van der Waals surface area contributed by atoms with Crippen molar-refractivity contribution in [2.24, 2.45) is 0 Å². The molecule has 0 aromatic heterocycles. The molecule has 0 saturated carbocycles. The van der Waals surface area contributed by atoms with Gasteiger partial charge in [0.2, 0.25) is 5.91 Å². The highest BCUT2D eigenvalue weighted by Crippen LogP contribution is 2.35. The lowest BCUT2D eigenvalue weighted by molar-refractivity contribution is -0.127. The first-order chi connectivity index (χ1) is 14.4. The van der Waals surface area contributed by atoms with Crippen LogP contribution in [0.1, 0.15) is 5.56 Å². The lowest BCUT2D eigenvalue weighted by Crippen LogP contribution is -2.36. The van der Waals surface area contributed by atoms with Gasteiger partial charge in [0.15, 0.2) is 11.5 Å². The van der Waals surface area contributed by atoms with Crippen molar-refractivity contribution in [2.45, 2.75) is 0 Å². The Morgan fingerprint density at radius 1 is 1.13 bits per heavy atom. The zero-order valence-corrected chi connectivity index (χ0v) is 17.6. The van der Waals surface area contributed by atoms with Gasteiger partial charge in [-0.15, -0.1) is 0 Å². The van der Waals surface area contributed by atoms with Gasteiger partial charge in [0.1, 0.15) is 19.8 Å². The SMILES string of the molecule is O=C(CN1C(=O)S/C(=C/c2cccc(Cl)c2Cl)C1=O)Nc1ccc2c(c1)OCCO2. The Morgan fingerprint density at radius 3 is 2.70 bits per heavy atom. The molecule has 0 bridgehead atoms. The van der Waals surface area contributed by atoms with Gasteiger partial charge >= 0.3 is 0 Å². The second-order valence-corrected chi connectivity index (χ2v) is 8.10. The van der Waals surface area contributed by atoms with E-state index in [1.165, 1.54) is 6.08 Å². The lowest BCUT2D eigenvalue weighted by atomic mass is 10.2. The van der Waals surface area contributed by atoms with Crippen LogP contribution in [0.2, 0.25) is 10.0 Å². The summed E-state index contributed by atoms with van der Waals surface area (Å²) in [6.45, 7) is 0.468. The first-order valence-electron chi connectivity index (χ1n) is 8.81. The maximum Gasteiger partial charge on any atom is 0.294 e. The molecule has 0 radical (unpaired) electrons. The zero-order chi connectivity index (χ0) is 21.3. The molecule has 2 aliphatic heterocycles. The van der Waals surface area contributed by atoms with E-state index in [4.69, 9.17) is 32.7 Å². The minimum Gasteiger partial charge on any atom is -0.486 e. The largest absolute Gasteiger partial charge is 0.486 e. The van der Waals surface area contributed by atoms with E-state index in [0.717, 1.165) is 16.7 Å². The molecule has 2 heterocycles. The van der Waals surface area contributed by atoms with Crippen molar-refractivity contribution in [2.75, 3.05) is 25.1 Å². The third-order valence-corrected chi connectivity index (χ3v) is 6.01. The number of carbonyl (C=O) groups excluding carboxylic acids is 3. The fraction of sp³-hybridized carbons (Fsp3) is 0.150. The number of fused-ring (bicyclic) bond motifs is 1. The van der Waals surface area contributed by atoms with Crippen LogP contribution in [0.5, 0.6) is 11.5 Å². The molecule has 0 aliphatic carbocycles. The zero-order valence-electron chi connectivity index (χ0n) is 15.3. The summed E-state index contributed by atoms with van der Waals surface area (Å²) in [5, 5.41) is 2.73. The van der Waals surface area contributed by atoms with Crippen molar-refractivity contribution in [3.05, 3.63) is 56.9 Å². The summed E-state index contributed by atoms with van der Waals surface area (Å²) in [5.74, 6) is 0.0240. The highest BCUT2D eigenvalue weighted by atomic mass is 35.5. The van der Waals surface area contributed by atoms with Crippen LogP contribution in [-0.4, -0.2) is 41.7 Å². The number of carbonyl (C=O) groups is 3. The molecule has 1 saturated heterocycles. The normalized spacial score (nSPS) is 16.9. The average molecular weight is 465 g/mol. The number of hydrogen-bond acceptors (Lipinski definition) is 6. The number of imide groups is 1. The van der Waals surface area contributed by atoms with Crippen LogP contribution in [-0.2, 0) is 9.59 Å². The standard InChI is InChI=1S/C20H14Cl2N2O5S/c21-13-3-1-2-11(18(13)22)8-16-19(26)24(20(27)30-16)10-17(25)23-12-4-5-14-15(9-12)29-7-6-28-14/h1-5,8-9H,6-7,10H2,(H,23,25)/b16-8+. The van der Waals surface area contributed by atoms with Crippen molar-refractivity contribution >= 4 is 63.8 Å². The van der Waals surface area contributed by atoms with E-state index < -0.39 is 23.6 Å². The van der Waals surface area contributed by atoms with Crippen LogP contribution in [0, 0.1) is 0 Å². The molecule has 10 heteroatoms. The van der Waals surface area contributed by atoms with Gasteiger partial charge < -0.3 is 14.8 Å². The molecule has 154 valence electrons. The molecule has 0 spiro atoms. The van der Waals surface area contributed by atoms with E-state index in [-0.39, 0.29) is 9.93 Å². The quantitative estimate of drug-likeness (QED) is 0.673. The second-order valence-electron chi connectivity index (χ2n) is 6.32. The smallest absolute Gasteiger partial charge is 0.294 e. The minimum absolute atomic E-state index is 0.163. The van der Waals surface area contributed by atoms with Gasteiger partial charge in [-0.2, -0.15) is 0 Å². The summed E-state index contributed by atoms with van der Waals surface area (Å²) in [6, 6.07) is 9.94. The topological polar surface area (TPSA) is 84.9 Å². The summed E-state index contributed by atoms with van der Waals surface area (Å²) >= 11 is 12.9. The summed E-state index contributed by atoms with van der Waals surface area (Å²) < 4.78 is 10.9. The number of anilines is 1. The number of nitrogens with one attached hydrogen (secondary N) is 1. The fourth-order valence-corrected chi connectivity index (χ4v) is 4.07.